The average molecular weight is 553 g/mol. The number of fused-ring (bicyclic) bond motifs is 5. The fraction of sp³-hybridized carbons (Fsp3) is 0.714. The van der Waals surface area contributed by atoms with Crippen LogP contribution in [0.1, 0.15) is 65.2 Å². The Morgan fingerprint density at radius 2 is 1.95 bits per heavy atom. The van der Waals surface area contributed by atoms with Crippen molar-refractivity contribution in [2.24, 2.45) is 22.7 Å². The highest BCUT2D eigenvalue weighted by Gasteiger charge is 2.68. The van der Waals surface area contributed by atoms with E-state index in [9.17, 15) is 24.3 Å². The number of aliphatic hydroxyl groups excluding tert-OH is 1. The third-order valence-electron chi connectivity index (χ3n) is 9.92. The number of ether oxygens (including phenoxy) is 2. The van der Waals surface area contributed by atoms with E-state index in [1.807, 2.05) is 0 Å². The predicted octanol–water partition coefficient (Wildman–Crippen LogP) is 3.96. The van der Waals surface area contributed by atoms with Crippen LogP contribution in [0.5, 0.6) is 0 Å². The largest absolute Gasteiger partial charge is 0.465 e. The molecule has 208 valence electrons. The number of hydrogen-bond acceptors (Lipinski definition) is 8. The summed E-state index contributed by atoms with van der Waals surface area (Å²) in [6.07, 6.45) is 2.73. The van der Waals surface area contributed by atoms with Gasteiger partial charge in [-0.15, -0.1) is 0 Å². The number of hydrogen-bond donors (Lipinski definition) is 1. The van der Waals surface area contributed by atoms with E-state index in [1.54, 1.807) is 6.92 Å². The summed E-state index contributed by atoms with van der Waals surface area (Å²) in [6.45, 7) is 3.54. The van der Waals surface area contributed by atoms with Crippen LogP contribution in [-0.4, -0.2) is 64.4 Å². The lowest BCUT2D eigenvalue weighted by atomic mass is 9.45. The second kappa shape index (κ2) is 9.84. The molecule has 0 amide bonds. The predicted molar refractivity (Wildman–Crippen MR) is 134 cm³/mol. The summed E-state index contributed by atoms with van der Waals surface area (Å²) < 4.78 is 43.1. The van der Waals surface area contributed by atoms with E-state index in [4.69, 9.17) is 9.47 Å². The number of allylic oxidation sites excluding steroid dienone is 3. The van der Waals surface area contributed by atoms with E-state index in [-0.39, 0.29) is 41.9 Å². The van der Waals surface area contributed by atoms with Gasteiger partial charge in [0.25, 0.3) is 0 Å². The van der Waals surface area contributed by atoms with Gasteiger partial charge in [0.15, 0.2) is 5.78 Å². The normalized spacial score (nSPS) is 40.8. The summed E-state index contributed by atoms with van der Waals surface area (Å²) in [4.78, 5) is 48.9. The average Bonchev–Trinajstić information content (AvgIpc) is 3.45. The van der Waals surface area contributed by atoms with Gasteiger partial charge in [-0.1, -0.05) is 25.1 Å². The van der Waals surface area contributed by atoms with E-state index in [2.05, 4.69) is 6.92 Å². The zero-order chi connectivity index (χ0) is 27.5. The van der Waals surface area contributed by atoms with E-state index in [0.29, 0.717) is 24.6 Å². The first-order valence-corrected chi connectivity index (χ1v) is 14.3. The van der Waals surface area contributed by atoms with Crippen molar-refractivity contribution in [3.8, 4) is 0 Å². The molecule has 10 heteroatoms. The Morgan fingerprint density at radius 1 is 1.18 bits per heavy atom. The number of alkyl halides is 2. The first-order chi connectivity index (χ1) is 17.9. The maximum absolute atomic E-state index is 17.3. The summed E-state index contributed by atoms with van der Waals surface area (Å²) in [7, 11) is 0. The zero-order valence-electron chi connectivity index (χ0n) is 21.7. The minimum absolute atomic E-state index is 0.0195. The number of esters is 2. The fourth-order valence-corrected chi connectivity index (χ4v) is 8.65. The maximum atomic E-state index is 17.3. The molecule has 1 heterocycles. The molecule has 0 spiro atoms. The van der Waals surface area contributed by atoms with Crippen LogP contribution in [0.2, 0.25) is 0 Å². The Kier molecular flexibility index (Phi) is 7.12. The van der Waals surface area contributed by atoms with E-state index in [0.717, 1.165) is 19.3 Å². The Morgan fingerprint density at radius 3 is 2.66 bits per heavy atom. The van der Waals surface area contributed by atoms with Crippen LogP contribution in [0.4, 0.5) is 8.78 Å². The molecule has 4 aliphatic carbocycles. The van der Waals surface area contributed by atoms with Crippen LogP contribution >= 0.6 is 11.8 Å². The Bertz CT molecular complexity index is 1120. The molecule has 3 saturated carbocycles. The summed E-state index contributed by atoms with van der Waals surface area (Å²) in [6, 6.07) is 0. The number of cyclic esters (lactones) is 1. The van der Waals surface area contributed by atoms with Crippen LogP contribution in [0, 0.1) is 22.7 Å². The van der Waals surface area contributed by atoms with Gasteiger partial charge in [0, 0.05) is 12.3 Å². The molecule has 4 fully saturated rings. The smallest absolute Gasteiger partial charge is 0.319 e. The number of halogens is 2. The highest BCUT2D eigenvalue weighted by molar-refractivity contribution is 8.14. The second-order valence-corrected chi connectivity index (χ2v) is 13.1. The van der Waals surface area contributed by atoms with Gasteiger partial charge >= 0.3 is 11.9 Å². The lowest BCUT2D eigenvalue weighted by Gasteiger charge is -2.61. The van der Waals surface area contributed by atoms with Crippen LogP contribution < -0.4 is 0 Å². The quantitative estimate of drug-likeness (QED) is 0.494. The highest BCUT2D eigenvalue weighted by Crippen LogP contribution is 2.69. The highest BCUT2D eigenvalue weighted by atomic mass is 32.2. The molecule has 5 aliphatic rings. The van der Waals surface area contributed by atoms with Gasteiger partial charge in [-0.25, -0.2) is 8.78 Å². The molecule has 1 N–H and O–H groups in total. The number of carbonyl (C=O) groups excluding carboxylic acids is 4. The number of ketones is 1. The third kappa shape index (κ3) is 4.35. The number of aliphatic hydroxyl groups is 1. The minimum atomic E-state index is -1.79. The third-order valence-corrected chi connectivity index (χ3v) is 11.1. The van der Waals surface area contributed by atoms with Crippen molar-refractivity contribution in [2.75, 3.05) is 13.2 Å². The van der Waals surface area contributed by atoms with Crippen molar-refractivity contribution in [1.29, 1.82) is 0 Å². The molecule has 38 heavy (non-hydrogen) atoms. The zero-order valence-corrected chi connectivity index (χ0v) is 22.5. The van der Waals surface area contributed by atoms with Gasteiger partial charge in [-0.05, 0) is 73.7 Å². The number of thioether (sulfide) groups is 1. The van der Waals surface area contributed by atoms with Gasteiger partial charge in [0.1, 0.15) is 29.8 Å². The molecular formula is C28H34F2O7S. The molecule has 1 unspecified atom stereocenters. The minimum Gasteiger partial charge on any atom is -0.465 e. The molecular weight excluding hydrogens is 518 g/mol. The summed E-state index contributed by atoms with van der Waals surface area (Å²) in [5, 5.41) is 8.71. The molecule has 0 aromatic carbocycles. The van der Waals surface area contributed by atoms with Crippen molar-refractivity contribution in [3.63, 3.8) is 0 Å². The Hall–Kier alpha value is -2.07. The van der Waals surface area contributed by atoms with Crippen LogP contribution in [-0.2, 0) is 28.7 Å². The maximum Gasteiger partial charge on any atom is 0.319 e. The standard InChI is InChI=1S/C28H34F2O7S/c1-26-6-3-4-17(26)18-12-20(29)19-11-16(31)10-15(27(19,2)28(18,30)8-7-26)14-37-23(33)13-21(32)25(35)38-22-5-9-36-24(22)34/h10-11,17-18,20-22,32H,3-9,12-14H2,1-2H3/t17-,18-,20-,21?,22-,26-,27-,28+/m0/s1. The molecule has 0 aromatic heterocycles. The van der Waals surface area contributed by atoms with Crippen LogP contribution in [0.15, 0.2) is 23.3 Å². The molecule has 0 radical (unpaired) electrons. The molecule has 1 saturated heterocycles. The molecule has 1 aliphatic heterocycles. The fourth-order valence-electron chi connectivity index (χ4n) is 7.75. The monoisotopic (exact) mass is 552 g/mol. The van der Waals surface area contributed by atoms with Crippen molar-refractivity contribution >= 4 is 34.6 Å². The lowest BCUT2D eigenvalue weighted by Crippen LogP contribution is -2.63. The van der Waals surface area contributed by atoms with Crippen molar-refractivity contribution in [2.45, 2.75) is 88.4 Å². The van der Waals surface area contributed by atoms with Gasteiger partial charge < -0.3 is 14.6 Å². The van der Waals surface area contributed by atoms with E-state index < -0.39 is 70.4 Å². The Balaban J connectivity index is 1.31. The topological polar surface area (TPSA) is 107 Å². The van der Waals surface area contributed by atoms with Gasteiger partial charge in [0.2, 0.25) is 5.12 Å². The van der Waals surface area contributed by atoms with Gasteiger partial charge in [-0.2, -0.15) is 0 Å². The van der Waals surface area contributed by atoms with Crippen molar-refractivity contribution in [3.05, 3.63) is 23.3 Å². The number of carbonyl (C=O) groups is 4. The Labute approximate surface area is 224 Å². The second-order valence-electron chi connectivity index (χ2n) is 11.9. The van der Waals surface area contributed by atoms with Crippen LogP contribution in [0.25, 0.3) is 0 Å². The van der Waals surface area contributed by atoms with Crippen molar-refractivity contribution < 1.29 is 42.5 Å². The first-order valence-electron chi connectivity index (χ1n) is 13.4. The summed E-state index contributed by atoms with van der Waals surface area (Å²) >= 11 is 0.619. The summed E-state index contributed by atoms with van der Waals surface area (Å²) in [5.41, 5.74) is -2.95. The van der Waals surface area contributed by atoms with Gasteiger partial charge in [-0.3, -0.25) is 19.2 Å². The summed E-state index contributed by atoms with van der Waals surface area (Å²) in [5.74, 6) is -2.40. The molecule has 7 nitrogen and oxygen atoms in total. The lowest BCUT2D eigenvalue weighted by molar-refractivity contribution is -0.150. The van der Waals surface area contributed by atoms with Crippen molar-refractivity contribution in [1.82, 2.24) is 0 Å². The van der Waals surface area contributed by atoms with Crippen LogP contribution in [0.3, 0.4) is 0 Å². The van der Waals surface area contributed by atoms with E-state index in [1.165, 1.54) is 12.2 Å². The van der Waals surface area contributed by atoms with E-state index >= 15 is 8.78 Å². The molecule has 5 rings (SSSR count). The molecule has 8 atom stereocenters. The molecule has 0 aromatic rings. The molecule has 0 bridgehead atoms. The SMILES string of the molecule is C[C@@]12CCC[C@H]1[C@@H]1C[C@H](F)C3=CC(=O)C=C(COC(=O)CC(O)C(=O)S[C@H]4CCOC4=O)[C@]3(C)[C@@]1(F)CC2. The first kappa shape index (κ1) is 27.5. The van der Waals surface area contributed by atoms with Gasteiger partial charge in [0.05, 0.1) is 18.4 Å². The number of rotatable bonds is 6.